The largest absolute Gasteiger partial charge is 0.326 e. The van der Waals surface area contributed by atoms with Crippen molar-refractivity contribution in [3.05, 3.63) is 52.6 Å². The molecule has 0 amide bonds. The van der Waals surface area contributed by atoms with Gasteiger partial charge < -0.3 is 5.73 Å². The van der Waals surface area contributed by atoms with Crippen LogP contribution in [0.1, 0.15) is 35.9 Å². The molecule has 1 aromatic heterocycles. The summed E-state index contributed by atoms with van der Waals surface area (Å²) in [6, 6.07) is 0.694. The van der Waals surface area contributed by atoms with Gasteiger partial charge in [-0.2, -0.15) is 5.10 Å². The van der Waals surface area contributed by atoms with E-state index in [1.54, 1.807) is 6.20 Å². The van der Waals surface area contributed by atoms with E-state index in [0.717, 1.165) is 17.3 Å². The third-order valence-corrected chi connectivity index (χ3v) is 6.84. The molecule has 2 aliphatic heterocycles. The molecule has 0 saturated carbocycles. The molecule has 0 aliphatic carbocycles. The van der Waals surface area contributed by atoms with E-state index in [2.05, 4.69) is 15.1 Å². The summed E-state index contributed by atoms with van der Waals surface area (Å²) in [5.41, 5.74) is 8.04. The maximum absolute atomic E-state index is 14.1. The van der Waals surface area contributed by atoms with Crippen molar-refractivity contribution in [2.24, 2.45) is 5.73 Å². The Labute approximate surface area is 152 Å². The summed E-state index contributed by atoms with van der Waals surface area (Å²) >= 11 is 0. The number of H-pyrrole nitrogens is 1. The second-order valence-corrected chi connectivity index (χ2v) is 8.19. The highest BCUT2D eigenvalue weighted by Crippen LogP contribution is 2.36. The second kappa shape index (κ2) is 7.13. The number of benzene rings is 1. The van der Waals surface area contributed by atoms with Gasteiger partial charge >= 0.3 is 0 Å². The lowest BCUT2D eigenvalue weighted by Gasteiger charge is -2.38. The highest BCUT2D eigenvalue weighted by Gasteiger charge is 2.40. The summed E-state index contributed by atoms with van der Waals surface area (Å²) < 4.78 is 53.8. The van der Waals surface area contributed by atoms with E-state index < -0.39 is 39.5 Å². The van der Waals surface area contributed by atoms with Crippen molar-refractivity contribution < 1.29 is 17.4 Å². The zero-order chi connectivity index (χ0) is 17.7. The van der Waals surface area contributed by atoms with E-state index in [0.29, 0.717) is 25.6 Å². The molecule has 4 atom stereocenters. The number of hydrogen-bond acceptors (Lipinski definition) is 4. The Kier molecular flexibility index (Phi) is 5.23. The fraction of sp³-hybridized carbons (Fsp3) is 0.471. The van der Waals surface area contributed by atoms with Crippen molar-refractivity contribution in [3.63, 3.8) is 0 Å². The van der Waals surface area contributed by atoms with Crippen LogP contribution in [-0.2, 0) is 23.9 Å². The summed E-state index contributed by atoms with van der Waals surface area (Å²) in [5, 5.41) is 6.00. The van der Waals surface area contributed by atoms with Gasteiger partial charge in [-0.15, -0.1) is 0 Å². The summed E-state index contributed by atoms with van der Waals surface area (Å²) in [4.78, 5) is 2.15. The number of rotatable bonds is 2. The van der Waals surface area contributed by atoms with E-state index in [4.69, 9.17) is 5.73 Å². The molecular formula is C17H21F3N4OS. The van der Waals surface area contributed by atoms with Gasteiger partial charge in [0.2, 0.25) is 0 Å². The van der Waals surface area contributed by atoms with Crippen LogP contribution < -0.4 is 5.73 Å². The Morgan fingerprint density at radius 2 is 2.04 bits per heavy atom. The SMILES string of the molecule is C.N[C@H]1C[C@@H](N2Cc3cn[nH]c3C2)CS(=O)C1c1cc(F)cc(F)c1F. The Morgan fingerprint density at radius 1 is 1.27 bits per heavy atom. The van der Waals surface area contributed by atoms with Crippen LogP contribution in [0.25, 0.3) is 0 Å². The first-order chi connectivity index (χ1) is 11.9. The first-order valence-electron chi connectivity index (χ1n) is 7.96. The van der Waals surface area contributed by atoms with Gasteiger partial charge in [-0.05, 0) is 12.5 Å². The van der Waals surface area contributed by atoms with E-state index in [-0.39, 0.29) is 24.8 Å². The summed E-state index contributed by atoms with van der Waals surface area (Å²) in [5.74, 6) is -3.07. The van der Waals surface area contributed by atoms with Crippen LogP contribution in [0.2, 0.25) is 0 Å². The molecular weight excluding hydrogens is 365 g/mol. The first kappa shape index (κ1) is 19.1. The van der Waals surface area contributed by atoms with Crippen molar-refractivity contribution in [3.8, 4) is 0 Å². The van der Waals surface area contributed by atoms with E-state index in [1.807, 2.05) is 0 Å². The highest BCUT2D eigenvalue weighted by molar-refractivity contribution is 7.85. The van der Waals surface area contributed by atoms with Crippen LogP contribution in [0, 0.1) is 17.5 Å². The summed E-state index contributed by atoms with van der Waals surface area (Å²) in [6.45, 7) is 1.35. The summed E-state index contributed by atoms with van der Waals surface area (Å²) in [7, 11) is -1.53. The van der Waals surface area contributed by atoms with Crippen molar-refractivity contribution >= 4 is 10.8 Å². The minimum atomic E-state index is -1.53. The monoisotopic (exact) mass is 386 g/mol. The van der Waals surface area contributed by atoms with Crippen LogP contribution in [0.4, 0.5) is 13.2 Å². The number of nitrogens with one attached hydrogen (secondary N) is 1. The van der Waals surface area contributed by atoms with Gasteiger partial charge in [0.1, 0.15) is 5.82 Å². The van der Waals surface area contributed by atoms with Crippen molar-refractivity contribution in [2.75, 3.05) is 5.75 Å². The van der Waals surface area contributed by atoms with Crippen LogP contribution in [-0.4, -0.2) is 37.1 Å². The molecule has 4 rings (SSSR count). The third-order valence-electron chi connectivity index (χ3n) is 4.96. The molecule has 142 valence electrons. The quantitative estimate of drug-likeness (QED) is 0.777. The van der Waals surface area contributed by atoms with E-state index >= 15 is 0 Å². The zero-order valence-electron chi connectivity index (χ0n) is 13.2. The van der Waals surface area contributed by atoms with Gasteiger partial charge in [0.15, 0.2) is 11.6 Å². The topological polar surface area (TPSA) is 75.0 Å². The fourth-order valence-electron chi connectivity index (χ4n) is 3.75. The Hall–Kier alpha value is -1.71. The average molecular weight is 386 g/mol. The maximum atomic E-state index is 14.1. The fourth-order valence-corrected chi connectivity index (χ4v) is 5.64. The van der Waals surface area contributed by atoms with Gasteiger partial charge in [-0.1, -0.05) is 7.43 Å². The number of fused-ring (bicyclic) bond motifs is 1. The van der Waals surface area contributed by atoms with Gasteiger partial charge in [0.25, 0.3) is 0 Å². The molecule has 1 fully saturated rings. The van der Waals surface area contributed by atoms with Gasteiger partial charge in [0, 0.05) is 58.9 Å². The molecule has 0 spiro atoms. The summed E-state index contributed by atoms with van der Waals surface area (Å²) in [6.07, 6.45) is 2.24. The molecule has 2 unspecified atom stereocenters. The molecule has 2 aromatic rings. The van der Waals surface area contributed by atoms with Gasteiger partial charge in [-0.3, -0.25) is 14.2 Å². The minimum absolute atomic E-state index is 0. The van der Waals surface area contributed by atoms with Crippen LogP contribution in [0.15, 0.2) is 18.3 Å². The van der Waals surface area contributed by atoms with Gasteiger partial charge in [-0.25, -0.2) is 13.2 Å². The van der Waals surface area contributed by atoms with E-state index in [9.17, 15) is 17.4 Å². The molecule has 0 bridgehead atoms. The molecule has 1 saturated heterocycles. The predicted octanol–water partition coefficient (Wildman–Crippen LogP) is 2.37. The molecule has 3 heterocycles. The molecule has 5 nitrogen and oxygen atoms in total. The van der Waals surface area contributed by atoms with Crippen LogP contribution in [0.3, 0.4) is 0 Å². The average Bonchev–Trinajstić information content (AvgIpc) is 3.12. The number of aromatic nitrogens is 2. The first-order valence-corrected chi connectivity index (χ1v) is 9.34. The molecule has 1 aromatic carbocycles. The maximum Gasteiger partial charge on any atom is 0.163 e. The lowest BCUT2D eigenvalue weighted by Crippen LogP contribution is -2.49. The third kappa shape index (κ3) is 3.19. The number of hydrogen-bond donors (Lipinski definition) is 2. The highest BCUT2D eigenvalue weighted by atomic mass is 32.2. The van der Waals surface area contributed by atoms with Crippen molar-refractivity contribution in [1.82, 2.24) is 15.1 Å². The van der Waals surface area contributed by atoms with Crippen molar-refractivity contribution in [2.45, 2.75) is 44.3 Å². The molecule has 9 heteroatoms. The van der Waals surface area contributed by atoms with Crippen molar-refractivity contribution in [1.29, 1.82) is 0 Å². The Morgan fingerprint density at radius 3 is 2.73 bits per heavy atom. The lowest BCUT2D eigenvalue weighted by molar-refractivity contribution is 0.188. The lowest BCUT2D eigenvalue weighted by atomic mass is 9.98. The molecule has 3 N–H and O–H groups in total. The molecule has 2 aliphatic rings. The number of aromatic amines is 1. The Bertz CT molecular complexity index is 823. The van der Waals surface area contributed by atoms with Gasteiger partial charge in [0.05, 0.1) is 17.1 Å². The minimum Gasteiger partial charge on any atom is -0.326 e. The number of nitrogens with two attached hydrogens (primary N) is 1. The number of halogens is 3. The van der Waals surface area contributed by atoms with Crippen LogP contribution >= 0.6 is 0 Å². The smallest absolute Gasteiger partial charge is 0.163 e. The van der Waals surface area contributed by atoms with E-state index in [1.165, 1.54) is 0 Å². The predicted molar refractivity (Wildman–Crippen MR) is 93.0 cm³/mol. The van der Waals surface area contributed by atoms with Crippen LogP contribution in [0.5, 0.6) is 0 Å². The zero-order valence-corrected chi connectivity index (χ0v) is 14.0. The Balaban J connectivity index is 0.00000196. The normalized spacial score (nSPS) is 28.6. The second-order valence-electron chi connectivity index (χ2n) is 6.59. The molecule has 26 heavy (non-hydrogen) atoms. The number of nitrogens with zero attached hydrogens (tertiary/aromatic N) is 2. The molecule has 0 radical (unpaired) electrons. The standard InChI is InChI=1S/C16H17F3N4OS.CH4/c17-9-1-11(15(19)12(18)2-9)16-13(20)3-10(7-25(16)24)23-5-8-4-21-22-14(8)6-23;/h1-2,4,10,13,16H,3,5-7,20H2,(H,21,22);1H4/t10-,13+,16?,25?;/m1./s1.